The van der Waals surface area contributed by atoms with Gasteiger partial charge >= 0.3 is 0 Å². The van der Waals surface area contributed by atoms with Crippen LogP contribution in [0.4, 0.5) is 11.5 Å². The number of rotatable bonds is 4. The zero-order chi connectivity index (χ0) is 22.2. The average molecular weight is 441 g/mol. The lowest BCUT2D eigenvalue weighted by molar-refractivity contribution is 0.102. The van der Waals surface area contributed by atoms with Crippen molar-refractivity contribution in [2.24, 2.45) is 5.10 Å². The van der Waals surface area contributed by atoms with Crippen LogP contribution < -0.4 is 11.1 Å². The lowest BCUT2D eigenvalue weighted by Crippen LogP contribution is -2.14. The van der Waals surface area contributed by atoms with Gasteiger partial charge < -0.3 is 11.1 Å². The number of nitrogens with two attached hydrogens (primary N) is 1. The fourth-order valence-electron chi connectivity index (χ4n) is 3.48. The Morgan fingerprint density at radius 2 is 1.84 bits per heavy atom. The number of nitrogens with one attached hydrogen (secondary N) is 1. The number of nitrogens with zero attached hydrogens (tertiary/aromatic N) is 4. The molecule has 5 aromatic rings. The van der Waals surface area contributed by atoms with E-state index in [9.17, 15) is 4.79 Å². The van der Waals surface area contributed by atoms with Gasteiger partial charge in [-0.05, 0) is 60.7 Å². The molecule has 3 N–H and O–H groups in total. The Hall–Kier alpha value is -4.04. The second-order valence-electron chi connectivity index (χ2n) is 7.47. The highest BCUT2D eigenvalue weighted by Gasteiger charge is 2.24. The molecule has 0 bridgehead atoms. The summed E-state index contributed by atoms with van der Waals surface area (Å²) >= 11 is 1.55. The maximum Gasteiger partial charge on any atom is 0.261 e. The molecule has 0 saturated carbocycles. The van der Waals surface area contributed by atoms with E-state index in [4.69, 9.17) is 15.7 Å². The maximum atomic E-state index is 13.3. The first-order valence-electron chi connectivity index (χ1n) is 10.0. The molecule has 0 saturated heterocycles. The van der Waals surface area contributed by atoms with Crippen molar-refractivity contribution in [3.63, 3.8) is 0 Å². The maximum absolute atomic E-state index is 13.3. The minimum absolute atomic E-state index is 0.185. The molecule has 0 aliphatic heterocycles. The van der Waals surface area contributed by atoms with Crippen molar-refractivity contribution in [2.45, 2.75) is 13.8 Å². The SMILES string of the molecule is Cc1ccc(NC(=O)c2c(N)n(/N=C/c3cccs3)c3nc4ccccc4nc23)cc1C. The summed E-state index contributed by atoms with van der Waals surface area (Å²) in [5, 5.41) is 9.42. The average Bonchev–Trinajstić information content (AvgIpc) is 3.39. The van der Waals surface area contributed by atoms with E-state index in [1.165, 1.54) is 4.68 Å². The van der Waals surface area contributed by atoms with Crippen molar-refractivity contribution >= 4 is 57.2 Å². The molecule has 3 aromatic heterocycles. The normalized spacial score (nSPS) is 11.6. The predicted octanol–water partition coefficient (Wildman–Crippen LogP) is 4.98. The summed E-state index contributed by atoms with van der Waals surface area (Å²) in [6, 6.07) is 17.2. The van der Waals surface area contributed by atoms with Crippen LogP contribution in [-0.2, 0) is 0 Å². The van der Waals surface area contributed by atoms with E-state index in [2.05, 4.69) is 10.4 Å². The first kappa shape index (κ1) is 19.9. The second kappa shape index (κ2) is 7.90. The summed E-state index contributed by atoms with van der Waals surface area (Å²) in [5.41, 5.74) is 11.8. The van der Waals surface area contributed by atoms with Crippen LogP contribution in [0.15, 0.2) is 65.1 Å². The van der Waals surface area contributed by atoms with E-state index in [-0.39, 0.29) is 17.3 Å². The summed E-state index contributed by atoms with van der Waals surface area (Å²) in [6.45, 7) is 4.03. The lowest BCUT2D eigenvalue weighted by atomic mass is 10.1. The lowest BCUT2D eigenvalue weighted by Gasteiger charge is -2.08. The summed E-state index contributed by atoms with van der Waals surface area (Å²) in [4.78, 5) is 23.7. The fourth-order valence-corrected chi connectivity index (χ4v) is 4.06. The third kappa shape index (κ3) is 3.50. The van der Waals surface area contributed by atoms with Gasteiger partial charge in [-0.2, -0.15) is 9.78 Å². The molecule has 3 heterocycles. The Bertz CT molecular complexity index is 1500. The summed E-state index contributed by atoms with van der Waals surface area (Å²) in [5.74, 6) is -0.171. The highest BCUT2D eigenvalue weighted by Crippen LogP contribution is 2.29. The predicted molar refractivity (Wildman–Crippen MR) is 131 cm³/mol. The molecule has 8 heteroatoms. The number of fused-ring (bicyclic) bond motifs is 2. The van der Waals surface area contributed by atoms with Gasteiger partial charge in [0.2, 0.25) is 0 Å². The van der Waals surface area contributed by atoms with E-state index in [0.717, 1.165) is 16.0 Å². The molecule has 2 aromatic carbocycles. The molecule has 0 fully saturated rings. The van der Waals surface area contributed by atoms with Crippen LogP contribution in [0.1, 0.15) is 26.4 Å². The van der Waals surface area contributed by atoms with Crippen molar-refractivity contribution in [3.8, 4) is 0 Å². The van der Waals surface area contributed by atoms with Crippen LogP contribution in [0.3, 0.4) is 0 Å². The number of carbonyl (C=O) groups is 1. The molecule has 0 aliphatic carbocycles. The Morgan fingerprint density at radius 1 is 1.06 bits per heavy atom. The number of benzene rings is 2. The number of anilines is 2. The number of amides is 1. The molecule has 5 rings (SSSR count). The zero-order valence-corrected chi connectivity index (χ0v) is 18.4. The summed E-state index contributed by atoms with van der Waals surface area (Å²) in [7, 11) is 0. The van der Waals surface area contributed by atoms with E-state index >= 15 is 0 Å². The van der Waals surface area contributed by atoms with Gasteiger partial charge in [-0.3, -0.25) is 4.79 Å². The number of carbonyl (C=O) groups excluding carboxylic acids is 1. The highest BCUT2D eigenvalue weighted by molar-refractivity contribution is 7.11. The molecular weight excluding hydrogens is 420 g/mol. The molecule has 0 spiro atoms. The fraction of sp³-hybridized carbons (Fsp3) is 0.0833. The Labute approximate surface area is 188 Å². The number of hydrogen-bond acceptors (Lipinski definition) is 6. The largest absolute Gasteiger partial charge is 0.383 e. The minimum atomic E-state index is -0.356. The standard InChI is InChI=1S/C24H20N6OS/c1-14-9-10-16(12-15(14)2)27-24(31)20-21-23(29-19-8-4-3-7-18(19)28-21)30(22(20)25)26-13-17-6-5-11-32-17/h3-13H,25H2,1-2H3,(H,27,31)/b26-13+. The molecule has 0 atom stereocenters. The summed E-state index contributed by atoms with van der Waals surface area (Å²) < 4.78 is 1.48. The Balaban J connectivity index is 1.66. The number of aromatic nitrogens is 3. The Kier molecular flexibility index (Phi) is 4.91. The quantitative estimate of drug-likeness (QED) is 0.385. The molecule has 32 heavy (non-hydrogen) atoms. The van der Waals surface area contributed by atoms with E-state index in [1.807, 2.05) is 73.8 Å². The van der Waals surface area contributed by atoms with Crippen LogP contribution in [0.5, 0.6) is 0 Å². The molecule has 0 unspecified atom stereocenters. The third-order valence-corrected chi connectivity index (χ3v) is 6.12. The van der Waals surface area contributed by atoms with Gasteiger partial charge in [-0.1, -0.05) is 24.3 Å². The van der Waals surface area contributed by atoms with Crippen molar-refractivity contribution in [1.82, 2.24) is 14.6 Å². The molecule has 0 aliphatic rings. The third-order valence-electron chi connectivity index (χ3n) is 5.31. The number of para-hydroxylation sites is 2. The Morgan fingerprint density at radius 3 is 2.56 bits per heavy atom. The smallest absolute Gasteiger partial charge is 0.261 e. The van der Waals surface area contributed by atoms with Crippen molar-refractivity contribution < 1.29 is 4.79 Å². The molecule has 7 nitrogen and oxygen atoms in total. The number of thiophene rings is 1. The minimum Gasteiger partial charge on any atom is -0.383 e. The van der Waals surface area contributed by atoms with Gasteiger partial charge in [-0.15, -0.1) is 11.3 Å². The van der Waals surface area contributed by atoms with Crippen LogP contribution in [0, 0.1) is 13.8 Å². The van der Waals surface area contributed by atoms with Gasteiger partial charge in [0.25, 0.3) is 5.91 Å². The first-order chi connectivity index (χ1) is 15.5. The number of aryl methyl sites for hydroxylation is 2. The van der Waals surface area contributed by atoms with Crippen LogP contribution in [-0.4, -0.2) is 26.8 Å². The van der Waals surface area contributed by atoms with Gasteiger partial charge in [0.1, 0.15) is 16.9 Å². The summed E-state index contributed by atoms with van der Waals surface area (Å²) in [6.07, 6.45) is 1.70. The molecular formula is C24H20N6OS. The van der Waals surface area contributed by atoms with Crippen molar-refractivity contribution in [3.05, 3.63) is 81.5 Å². The van der Waals surface area contributed by atoms with E-state index in [1.54, 1.807) is 17.6 Å². The zero-order valence-electron chi connectivity index (χ0n) is 17.5. The van der Waals surface area contributed by atoms with Gasteiger partial charge in [0.05, 0.1) is 17.2 Å². The highest BCUT2D eigenvalue weighted by atomic mass is 32.1. The van der Waals surface area contributed by atoms with Crippen molar-refractivity contribution in [2.75, 3.05) is 11.1 Å². The molecule has 1 amide bonds. The van der Waals surface area contributed by atoms with Gasteiger partial charge in [-0.25, -0.2) is 9.97 Å². The van der Waals surface area contributed by atoms with Gasteiger partial charge in [0, 0.05) is 10.6 Å². The number of hydrogen-bond donors (Lipinski definition) is 2. The van der Waals surface area contributed by atoms with Crippen LogP contribution in [0.25, 0.3) is 22.2 Å². The van der Waals surface area contributed by atoms with Gasteiger partial charge in [0.15, 0.2) is 5.65 Å². The topological polar surface area (TPSA) is 98.2 Å². The second-order valence-corrected chi connectivity index (χ2v) is 8.45. The molecule has 0 radical (unpaired) electrons. The monoisotopic (exact) mass is 440 g/mol. The van der Waals surface area contributed by atoms with Crippen LogP contribution >= 0.6 is 11.3 Å². The number of nitrogen functional groups attached to an aromatic ring is 1. The first-order valence-corrected chi connectivity index (χ1v) is 10.9. The molecule has 158 valence electrons. The van der Waals surface area contributed by atoms with Crippen LogP contribution in [0.2, 0.25) is 0 Å². The van der Waals surface area contributed by atoms with Crippen molar-refractivity contribution in [1.29, 1.82) is 0 Å². The van der Waals surface area contributed by atoms with E-state index in [0.29, 0.717) is 27.9 Å². The van der Waals surface area contributed by atoms with E-state index < -0.39 is 0 Å².